The molecule has 0 atom stereocenters. The molecule has 0 amide bonds. The fourth-order valence-electron chi connectivity index (χ4n) is 2.17. The lowest BCUT2D eigenvalue weighted by atomic mass is 10.1. The Bertz CT molecular complexity index is 402. The predicted molar refractivity (Wildman–Crippen MR) is 85.3 cm³/mol. The first kappa shape index (κ1) is 17.0. The summed E-state index contributed by atoms with van der Waals surface area (Å²) in [5.41, 5.74) is 3.48. The standard InChI is InChI=1S/C17H30N2O/c1-6-7-8-9-10-20-17-16(12-18-13(2)3)14(4)11-15(5)19-17/h11,13,18H,6-10,12H2,1-5H3. The van der Waals surface area contributed by atoms with Gasteiger partial charge in [0.2, 0.25) is 5.88 Å². The molecule has 0 saturated heterocycles. The first-order valence-corrected chi connectivity index (χ1v) is 7.87. The van der Waals surface area contributed by atoms with Crippen molar-refractivity contribution in [2.45, 2.75) is 72.9 Å². The highest BCUT2D eigenvalue weighted by Gasteiger charge is 2.10. The van der Waals surface area contributed by atoms with Gasteiger partial charge in [0, 0.05) is 23.8 Å². The van der Waals surface area contributed by atoms with Crippen LogP contribution in [0, 0.1) is 13.8 Å². The molecule has 0 saturated carbocycles. The van der Waals surface area contributed by atoms with E-state index in [9.17, 15) is 0 Å². The van der Waals surface area contributed by atoms with E-state index in [-0.39, 0.29) is 0 Å². The predicted octanol–water partition coefficient (Wildman–Crippen LogP) is 4.16. The van der Waals surface area contributed by atoms with Crippen LogP contribution >= 0.6 is 0 Å². The number of ether oxygens (including phenoxy) is 1. The second-order valence-electron chi connectivity index (χ2n) is 5.81. The van der Waals surface area contributed by atoms with Crippen molar-refractivity contribution in [2.24, 2.45) is 0 Å². The number of unbranched alkanes of at least 4 members (excludes halogenated alkanes) is 3. The van der Waals surface area contributed by atoms with Crippen molar-refractivity contribution >= 4 is 0 Å². The molecule has 20 heavy (non-hydrogen) atoms. The smallest absolute Gasteiger partial charge is 0.218 e. The number of aryl methyl sites for hydroxylation is 2. The monoisotopic (exact) mass is 278 g/mol. The van der Waals surface area contributed by atoms with Crippen LogP contribution in [0.25, 0.3) is 0 Å². The van der Waals surface area contributed by atoms with E-state index in [4.69, 9.17) is 4.74 Å². The Balaban J connectivity index is 2.66. The van der Waals surface area contributed by atoms with E-state index in [1.165, 1.54) is 30.4 Å². The topological polar surface area (TPSA) is 34.1 Å². The van der Waals surface area contributed by atoms with Crippen LogP contribution in [-0.4, -0.2) is 17.6 Å². The SMILES string of the molecule is CCCCCCOc1nc(C)cc(C)c1CNC(C)C. The first-order valence-electron chi connectivity index (χ1n) is 7.87. The lowest BCUT2D eigenvalue weighted by Crippen LogP contribution is -2.23. The molecular formula is C17H30N2O. The largest absolute Gasteiger partial charge is 0.477 e. The Morgan fingerprint density at radius 3 is 2.60 bits per heavy atom. The molecule has 0 aliphatic heterocycles. The Labute approximate surface area is 124 Å². The molecule has 1 N–H and O–H groups in total. The molecule has 0 radical (unpaired) electrons. The highest BCUT2D eigenvalue weighted by Crippen LogP contribution is 2.21. The maximum atomic E-state index is 5.93. The van der Waals surface area contributed by atoms with Crippen molar-refractivity contribution in [1.82, 2.24) is 10.3 Å². The highest BCUT2D eigenvalue weighted by molar-refractivity contribution is 5.35. The second-order valence-corrected chi connectivity index (χ2v) is 5.81. The molecule has 0 spiro atoms. The third-order valence-electron chi connectivity index (χ3n) is 3.36. The van der Waals surface area contributed by atoms with E-state index in [2.05, 4.69) is 44.1 Å². The summed E-state index contributed by atoms with van der Waals surface area (Å²) in [6.45, 7) is 12.3. The zero-order valence-corrected chi connectivity index (χ0v) is 13.8. The highest BCUT2D eigenvalue weighted by atomic mass is 16.5. The van der Waals surface area contributed by atoms with Gasteiger partial charge in [-0.25, -0.2) is 4.98 Å². The molecule has 1 aromatic heterocycles. The molecule has 3 nitrogen and oxygen atoms in total. The molecule has 1 rings (SSSR count). The number of nitrogens with one attached hydrogen (secondary N) is 1. The lowest BCUT2D eigenvalue weighted by Gasteiger charge is -2.16. The van der Waals surface area contributed by atoms with Crippen LogP contribution in [0.15, 0.2) is 6.07 Å². The van der Waals surface area contributed by atoms with Crippen molar-refractivity contribution in [2.75, 3.05) is 6.61 Å². The molecule has 0 fully saturated rings. The average molecular weight is 278 g/mol. The van der Waals surface area contributed by atoms with Crippen molar-refractivity contribution in [3.8, 4) is 5.88 Å². The molecule has 1 heterocycles. The zero-order valence-electron chi connectivity index (χ0n) is 13.8. The number of nitrogens with zero attached hydrogens (tertiary/aromatic N) is 1. The Hall–Kier alpha value is -1.09. The molecule has 0 aliphatic rings. The van der Waals surface area contributed by atoms with Gasteiger partial charge < -0.3 is 10.1 Å². The van der Waals surface area contributed by atoms with E-state index in [1.54, 1.807) is 0 Å². The van der Waals surface area contributed by atoms with Gasteiger partial charge >= 0.3 is 0 Å². The second kappa shape index (κ2) is 8.96. The first-order chi connectivity index (χ1) is 9.54. The summed E-state index contributed by atoms with van der Waals surface area (Å²) in [6.07, 6.45) is 4.89. The average Bonchev–Trinajstić information content (AvgIpc) is 2.36. The summed E-state index contributed by atoms with van der Waals surface area (Å²) in [4.78, 5) is 4.57. The van der Waals surface area contributed by atoms with E-state index >= 15 is 0 Å². The number of pyridine rings is 1. The van der Waals surface area contributed by atoms with E-state index in [1.807, 2.05) is 6.92 Å². The fraction of sp³-hybridized carbons (Fsp3) is 0.706. The van der Waals surface area contributed by atoms with Gasteiger partial charge in [0.25, 0.3) is 0 Å². The number of hydrogen-bond donors (Lipinski definition) is 1. The minimum absolute atomic E-state index is 0.466. The van der Waals surface area contributed by atoms with Gasteiger partial charge in [-0.15, -0.1) is 0 Å². The van der Waals surface area contributed by atoms with Crippen LogP contribution in [0.1, 0.15) is 63.3 Å². The lowest BCUT2D eigenvalue weighted by molar-refractivity contribution is 0.288. The maximum Gasteiger partial charge on any atom is 0.218 e. The summed E-state index contributed by atoms with van der Waals surface area (Å²) >= 11 is 0. The Morgan fingerprint density at radius 2 is 1.95 bits per heavy atom. The van der Waals surface area contributed by atoms with Gasteiger partial charge in [0.05, 0.1) is 6.61 Å². The van der Waals surface area contributed by atoms with E-state index in [0.717, 1.165) is 31.1 Å². The minimum Gasteiger partial charge on any atom is -0.477 e. The Kier molecular flexibility index (Phi) is 7.60. The van der Waals surface area contributed by atoms with Gasteiger partial charge in [-0.1, -0.05) is 40.0 Å². The third-order valence-corrected chi connectivity index (χ3v) is 3.36. The Morgan fingerprint density at radius 1 is 1.20 bits per heavy atom. The van der Waals surface area contributed by atoms with Crippen LogP contribution < -0.4 is 10.1 Å². The van der Waals surface area contributed by atoms with Crippen LogP contribution in [0.4, 0.5) is 0 Å². The molecule has 0 aliphatic carbocycles. The van der Waals surface area contributed by atoms with Gasteiger partial charge in [0.1, 0.15) is 0 Å². The van der Waals surface area contributed by atoms with Gasteiger partial charge in [0.15, 0.2) is 0 Å². The summed E-state index contributed by atoms with van der Waals surface area (Å²) in [5.74, 6) is 0.812. The molecule has 0 bridgehead atoms. The van der Waals surface area contributed by atoms with Gasteiger partial charge in [-0.05, 0) is 31.9 Å². The van der Waals surface area contributed by atoms with Crippen LogP contribution in [0.2, 0.25) is 0 Å². The zero-order chi connectivity index (χ0) is 15.0. The minimum atomic E-state index is 0.466. The number of rotatable bonds is 9. The molecule has 1 aromatic rings. The van der Waals surface area contributed by atoms with Crippen molar-refractivity contribution < 1.29 is 4.74 Å². The number of aromatic nitrogens is 1. The fourth-order valence-corrected chi connectivity index (χ4v) is 2.17. The molecule has 114 valence electrons. The van der Waals surface area contributed by atoms with E-state index < -0.39 is 0 Å². The number of hydrogen-bond acceptors (Lipinski definition) is 3. The van der Waals surface area contributed by atoms with Crippen LogP contribution in [0.5, 0.6) is 5.88 Å². The van der Waals surface area contributed by atoms with Crippen molar-refractivity contribution in [3.63, 3.8) is 0 Å². The molecule has 0 aromatic carbocycles. The molecular weight excluding hydrogens is 248 g/mol. The summed E-state index contributed by atoms with van der Waals surface area (Å²) in [7, 11) is 0. The van der Waals surface area contributed by atoms with Crippen LogP contribution in [0.3, 0.4) is 0 Å². The van der Waals surface area contributed by atoms with Crippen LogP contribution in [-0.2, 0) is 6.54 Å². The summed E-state index contributed by atoms with van der Waals surface area (Å²) in [5, 5.41) is 3.45. The van der Waals surface area contributed by atoms with E-state index in [0.29, 0.717) is 6.04 Å². The quantitative estimate of drug-likeness (QED) is 0.689. The molecule has 3 heteroatoms. The normalized spacial score (nSPS) is 11.1. The maximum absolute atomic E-state index is 5.93. The third kappa shape index (κ3) is 5.91. The van der Waals surface area contributed by atoms with Gasteiger partial charge in [-0.2, -0.15) is 0 Å². The summed E-state index contributed by atoms with van der Waals surface area (Å²) < 4.78 is 5.93. The van der Waals surface area contributed by atoms with Crippen molar-refractivity contribution in [3.05, 3.63) is 22.9 Å². The van der Waals surface area contributed by atoms with Crippen molar-refractivity contribution in [1.29, 1.82) is 0 Å². The summed E-state index contributed by atoms with van der Waals surface area (Å²) in [6, 6.07) is 2.59. The van der Waals surface area contributed by atoms with Gasteiger partial charge in [-0.3, -0.25) is 0 Å². The molecule has 0 unspecified atom stereocenters.